The Kier molecular flexibility index (Phi) is 5.78. The Morgan fingerprint density at radius 3 is 2.48 bits per heavy atom. The van der Waals surface area contributed by atoms with E-state index in [4.69, 9.17) is 11.6 Å². The lowest BCUT2D eigenvalue weighted by molar-refractivity contribution is 0.101. The van der Waals surface area contributed by atoms with Gasteiger partial charge < -0.3 is 10.6 Å². The molecule has 0 saturated heterocycles. The number of Topliss-reactive ketones (excluding diaryl/α,β-unsaturated/α-hetero) is 1. The third-order valence-corrected chi connectivity index (χ3v) is 4.20. The van der Waals surface area contributed by atoms with Crippen LogP contribution in [-0.4, -0.2) is 21.7 Å². The molecular weight excluding hydrogens is 364 g/mol. The first-order valence-electron chi connectivity index (χ1n) is 8.25. The van der Waals surface area contributed by atoms with E-state index in [9.17, 15) is 9.59 Å². The molecule has 0 atom stereocenters. The molecule has 0 unspecified atom stereocenters. The largest absolute Gasteiger partial charge is 0.350 e. The van der Waals surface area contributed by atoms with Crippen LogP contribution >= 0.6 is 11.6 Å². The summed E-state index contributed by atoms with van der Waals surface area (Å²) >= 11 is 6.13. The number of carbonyl (C=O) groups is 2. The summed E-state index contributed by atoms with van der Waals surface area (Å²) in [5.74, 6) is -0.0684. The first kappa shape index (κ1) is 18.5. The van der Waals surface area contributed by atoms with Crippen LogP contribution in [0.25, 0.3) is 0 Å². The number of aromatic nitrogens is 2. The lowest BCUT2D eigenvalue weighted by atomic mass is 10.1. The van der Waals surface area contributed by atoms with E-state index >= 15 is 0 Å². The minimum atomic E-state index is -0.367. The first-order valence-corrected chi connectivity index (χ1v) is 8.63. The van der Waals surface area contributed by atoms with Gasteiger partial charge in [-0.3, -0.25) is 9.59 Å². The second-order valence-electron chi connectivity index (χ2n) is 5.80. The van der Waals surface area contributed by atoms with Gasteiger partial charge in [-0.25, -0.2) is 9.97 Å². The number of carbonyl (C=O) groups excluding carboxylic acids is 2. The van der Waals surface area contributed by atoms with Gasteiger partial charge in [0.05, 0.1) is 0 Å². The van der Waals surface area contributed by atoms with Crippen molar-refractivity contribution in [3.8, 4) is 0 Å². The fourth-order valence-corrected chi connectivity index (χ4v) is 2.57. The van der Waals surface area contributed by atoms with Gasteiger partial charge in [-0.05, 0) is 48.9 Å². The summed E-state index contributed by atoms with van der Waals surface area (Å²) in [5, 5.41) is 6.45. The zero-order valence-electron chi connectivity index (χ0n) is 14.6. The highest BCUT2D eigenvalue weighted by molar-refractivity contribution is 6.31. The number of nitrogens with one attached hydrogen (secondary N) is 2. The van der Waals surface area contributed by atoms with E-state index in [-0.39, 0.29) is 17.4 Å². The Labute approximate surface area is 161 Å². The summed E-state index contributed by atoms with van der Waals surface area (Å²) in [5.41, 5.74) is 2.29. The van der Waals surface area contributed by atoms with Crippen LogP contribution in [0.3, 0.4) is 0 Å². The summed E-state index contributed by atoms with van der Waals surface area (Å²) in [6, 6.07) is 15.7. The molecule has 7 heteroatoms. The van der Waals surface area contributed by atoms with Crippen LogP contribution in [0.1, 0.15) is 33.3 Å². The molecular formula is C20H17ClN4O2. The maximum atomic E-state index is 12.4. The summed E-state index contributed by atoms with van der Waals surface area (Å²) in [7, 11) is 0. The van der Waals surface area contributed by atoms with E-state index in [0.717, 1.165) is 5.56 Å². The number of ketones is 1. The Morgan fingerprint density at radius 1 is 1.04 bits per heavy atom. The first-order chi connectivity index (χ1) is 13.0. The van der Waals surface area contributed by atoms with Crippen LogP contribution in [0, 0.1) is 0 Å². The lowest BCUT2D eigenvalue weighted by Crippen LogP contribution is -2.15. The van der Waals surface area contributed by atoms with Crippen molar-refractivity contribution in [2.75, 3.05) is 10.6 Å². The van der Waals surface area contributed by atoms with E-state index in [0.29, 0.717) is 28.8 Å². The molecule has 3 aromatic rings. The zero-order chi connectivity index (χ0) is 19.2. The molecule has 1 aromatic heterocycles. The molecule has 0 aliphatic rings. The van der Waals surface area contributed by atoms with Crippen molar-refractivity contribution in [1.82, 2.24) is 9.97 Å². The molecule has 0 radical (unpaired) electrons. The van der Waals surface area contributed by atoms with Gasteiger partial charge in [-0.2, -0.15) is 0 Å². The molecule has 2 aromatic carbocycles. The molecule has 0 aliphatic carbocycles. The topological polar surface area (TPSA) is 84.0 Å². The fourth-order valence-electron chi connectivity index (χ4n) is 2.37. The molecule has 0 saturated carbocycles. The van der Waals surface area contributed by atoms with E-state index < -0.39 is 0 Å². The quantitative estimate of drug-likeness (QED) is 0.626. The fraction of sp³-hybridized carbons (Fsp3) is 0.100. The molecule has 1 heterocycles. The standard InChI is InChI=1S/C20H17ClN4O2/c1-13(26)14-6-8-16(9-7-14)24-19(27)18-10-11-22-20(25-18)23-12-15-4-2-3-5-17(15)21/h2-11H,12H2,1H3,(H,24,27)(H,22,23,25). The number of anilines is 2. The van der Waals surface area contributed by atoms with Crippen LogP contribution in [0.15, 0.2) is 60.8 Å². The molecule has 0 fully saturated rings. The molecule has 2 N–H and O–H groups in total. The van der Waals surface area contributed by atoms with E-state index in [2.05, 4.69) is 20.6 Å². The van der Waals surface area contributed by atoms with Gasteiger partial charge >= 0.3 is 0 Å². The Morgan fingerprint density at radius 2 is 1.78 bits per heavy atom. The van der Waals surface area contributed by atoms with Crippen molar-refractivity contribution in [2.24, 2.45) is 0 Å². The van der Waals surface area contributed by atoms with Gasteiger partial charge in [0.1, 0.15) is 5.69 Å². The highest BCUT2D eigenvalue weighted by Crippen LogP contribution is 2.16. The van der Waals surface area contributed by atoms with Crippen LogP contribution in [0.2, 0.25) is 5.02 Å². The van der Waals surface area contributed by atoms with Gasteiger partial charge in [0.25, 0.3) is 5.91 Å². The molecule has 27 heavy (non-hydrogen) atoms. The average molecular weight is 381 g/mol. The van der Waals surface area contributed by atoms with Crippen LogP contribution in [0.4, 0.5) is 11.6 Å². The normalized spacial score (nSPS) is 10.3. The average Bonchev–Trinajstić information content (AvgIpc) is 2.68. The third kappa shape index (κ3) is 4.89. The van der Waals surface area contributed by atoms with Crippen molar-refractivity contribution in [3.63, 3.8) is 0 Å². The Hall–Kier alpha value is -3.25. The van der Waals surface area contributed by atoms with E-state index in [1.54, 1.807) is 30.3 Å². The summed E-state index contributed by atoms with van der Waals surface area (Å²) in [6.07, 6.45) is 1.51. The van der Waals surface area contributed by atoms with Gasteiger partial charge in [-0.15, -0.1) is 0 Å². The maximum Gasteiger partial charge on any atom is 0.274 e. The molecule has 6 nitrogen and oxygen atoms in total. The molecule has 0 aliphatic heterocycles. The zero-order valence-corrected chi connectivity index (χ0v) is 15.3. The third-order valence-electron chi connectivity index (χ3n) is 3.83. The SMILES string of the molecule is CC(=O)c1ccc(NC(=O)c2ccnc(NCc3ccccc3Cl)n2)cc1. The summed E-state index contributed by atoms with van der Waals surface area (Å²) in [6.45, 7) is 1.93. The number of nitrogens with zero attached hydrogens (tertiary/aromatic N) is 2. The second-order valence-corrected chi connectivity index (χ2v) is 6.21. The van der Waals surface area contributed by atoms with Crippen molar-refractivity contribution in [1.29, 1.82) is 0 Å². The van der Waals surface area contributed by atoms with E-state index in [1.165, 1.54) is 19.2 Å². The predicted molar refractivity (Wildman–Crippen MR) is 105 cm³/mol. The number of hydrogen-bond acceptors (Lipinski definition) is 5. The monoisotopic (exact) mass is 380 g/mol. The van der Waals surface area contributed by atoms with Crippen LogP contribution < -0.4 is 10.6 Å². The number of benzene rings is 2. The maximum absolute atomic E-state index is 12.4. The molecule has 1 amide bonds. The number of hydrogen-bond donors (Lipinski definition) is 2. The van der Waals surface area contributed by atoms with Crippen molar-refractivity contribution < 1.29 is 9.59 Å². The highest BCUT2D eigenvalue weighted by atomic mass is 35.5. The van der Waals surface area contributed by atoms with Crippen molar-refractivity contribution in [3.05, 3.63) is 82.6 Å². The van der Waals surface area contributed by atoms with Crippen molar-refractivity contribution >= 4 is 34.9 Å². The van der Waals surface area contributed by atoms with Gasteiger partial charge in [0.15, 0.2) is 5.78 Å². The minimum Gasteiger partial charge on any atom is -0.350 e. The Bertz CT molecular complexity index is 974. The van der Waals surface area contributed by atoms with E-state index in [1.807, 2.05) is 18.2 Å². The molecule has 0 spiro atoms. The van der Waals surface area contributed by atoms with Gasteiger partial charge in [0, 0.05) is 29.0 Å². The van der Waals surface area contributed by atoms with Gasteiger partial charge in [0.2, 0.25) is 5.95 Å². The Balaban J connectivity index is 1.66. The number of rotatable bonds is 6. The van der Waals surface area contributed by atoms with Crippen molar-refractivity contribution in [2.45, 2.75) is 13.5 Å². The minimum absolute atomic E-state index is 0.0297. The number of halogens is 1. The smallest absolute Gasteiger partial charge is 0.274 e. The highest BCUT2D eigenvalue weighted by Gasteiger charge is 2.10. The number of amides is 1. The molecule has 3 rings (SSSR count). The summed E-state index contributed by atoms with van der Waals surface area (Å²) < 4.78 is 0. The lowest BCUT2D eigenvalue weighted by Gasteiger charge is -2.08. The second kappa shape index (κ2) is 8.42. The molecule has 0 bridgehead atoms. The summed E-state index contributed by atoms with van der Waals surface area (Å²) in [4.78, 5) is 32.0. The predicted octanol–water partition coefficient (Wildman–Crippen LogP) is 4.20. The van der Waals surface area contributed by atoms with Crippen LogP contribution in [0.5, 0.6) is 0 Å². The van der Waals surface area contributed by atoms with Crippen LogP contribution in [-0.2, 0) is 6.54 Å². The molecule has 136 valence electrons. The van der Waals surface area contributed by atoms with Gasteiger partial charge in [-0.1, -0.05) is 29.8 Å².